The van der Waals surface area contributed by atoms with E-state index >= 15 is 0 Å². The van der Waals surface area contributed by atoms with Gasteiger partial charge in [0.1, 0.15) is 11.8 Å². The molecule has 0 spiro atoms. The van der Waals surface area contributed by atoms with E-state index < -0.39 is 18.3 Å². The number of alkyl halides is 3. The Kier molecular flexibility index (Phi) is 6.84. The summed E-state index contributed by atoms with van der Waals surface area (Å²) < 4.78 is 41.4. The fraction of sp³-hybridized carbons (Fsp3) is 0.333. The van der Waals surface area contributed by atoms with Gasteiger partial charge in [0.15, 0.2) is 0 Å². The molecule has 5 nitrogen and oxygen atoms in total. The van der Waals surface area contributed by atoms with Crippen molar-refractivity contribution in [3.63, 3.8) is 0 Å². The van der Waals surface area contributed by atoms with Crippen LogP contribution in [0.4, 0.5) is 13.2 Å². The molecule has 0 aliphatic carbocycles. The number of rotatable bonds is 7. The highest BCUT2D eigenvalue weighted by Gasteiger charge is 2.32. The number of benzene rings is 1. The smallest absolute Gasteiger partial charge is 0.405 e. The van der Waals surface area contributed by atoms with E-state index in [1.165, 1.54) is 29.5 Å². The fourth-order valence-electron chi connectivity index (χ4n) is 2.32. The molecule has 0 radical (unpaired) electrons. The number of nitrogens with one attached hydrogen (secondary N) is 2. The van der Waals surface area contributed by atoms with Gasteiger partial charge in [0.25, 0.3) is 5.91 Å². The Balaban J connectivity index is 2.03. The second kappa shape index (κ2) is 8.90. The van der Waals surface area contributed by atoms with Gasteiger partial charge in [0, 0.05) is 12.1 Å². The molecule has 146 valence electrons. The van der Waals surface area contributed by atoms with Crippen LogP contribution < -0.4 is 15.4 Å². The van der Waals surface area contributed by atoms with Crippen molar-refractivity contribution >= 4 is 23.2 Å². The Bertz CT molecular complexity index is 776. The predicted octanol–water partition coefficient (Wildman–Crippen LogP) is 3.72. The lowest BCUT2D eigenvalue weighted by atomic mass is 10.0. The largest absolute Gasteiger partial charge is 0.573 e. The maximum Gasteiger partial charge on any atom is 0.573 e. The van der Waals surface area contributed by atoms with Crippen molar-refractivity contribution in [1.29, 1.82) is 0 Å². The first-order chi connectivity index (χ1) is 12.7. The summed E-state index contributed by atoms with van der Waals surface area (Å²) in [5, 5.41) is 6.96. The normalized spacial score (nSPS) is 12.5. The summed E-state index contributed by atoms with van der Waals surface area (Å²) in [7, 11) is 0. The van der Waals surface area contributed by atoms with Gasteiger partial charge in [0.05, 0.1) is 4.88 Å². The summed E-state index contributed by atoms with van der Waals surface area (Å²) in [5.41, 5.74) is 0.176. The quantitative estimate of drug-likeness (QED) is 0.745. The van der Waals surface area contributed by atoms with Crippen molar-refractivity contribution in [3.05, 3.63) is 52.2 Å². The fourth-order valence-corrected chi connectivity index (χ4v) is 2.95. The lowest BCUT2D eigenvalue weighted by molar-refractivity contribution is -0.274. The highest BCUT2D eigenvalue weighted by atomic mass is 32.1. The molecule has 2 aromatic rings. The number of halogens is 3. The van der Waals surface area contributed by atoms with Crippen molar-refractivity contribution in [2.75, 3.05) is 0 Å². The molecule has 1 atom stereocenters. The molecule has 0 aliphatic rings. The molecule has 1 aromatic heterocycles. The number of carbonyl (C=O) groups is 2. The van der Waals surface area contributed by atoms with Gasteiger partial charge >= 0.3 is 6.36 Å². The molecule has 27 heavy (non-hydrogen) atoms. The summed E-state index contributed by atoms with van der Waals surface area (Å²) >= 11 is 1.25. The van der Waals surface area contributed by atoms with Crippen LogP contribution in [0.25, 0.3) is 0 Å². The van der Waals surface area contributed by atoms with Crippen LogP contribution in [0.2, 0.25) is 0 Å². The van der Waals surface area contributed by atoms with E-state index in [2.05, 4.69) is 15.4 Å². The molecule has 0 bridgehead atoms. The van der Waals surface area contributed by atoms with Crippen LogP contribution in [-0.4, -0.2) is 24.2 Å². The molecule has 2 N–H and O–H groups in total. The van der Waals surface area contributed by atoms with Crippen molar-refractivity contribution in [3.8, 4) is 5.75 Å². The first-order valence-corrected chi connectivity index (χ1v) is 9.01. The number of hydrogen-bond donors (Lipinski definition) is 2. The predicted molar refractivity (Wildman–Crippen MR) is 95.4 cm³/mol. The summed E-state index contributed by atoms with van der Waals surface area (Å²) in [6.07, 6.45) is -4.82. The molecule has 9 heteroatoms. The van der Waals surface area contributed by atoms with E-state index in [1.54, 1.807) is 37.4 Å². The average molecular weight is 400 g/mol. The number of amides is 2. The molecule has 2 rings (SSSR count). The van der Waals surface area contributed by atoms with Crippen LogP contribution >= 0.6 is 11.3 Å². The van der Waals surface area contributed by atoms with Gasteiger partial charge in [-0.05, 0) is 23.4 Å². The van der Waals surface area contributed by atoms with Gasteiger partial charge in [-0.3, -0.25) is 9.59 Å². The molecule has 0 fully saturated rings. The Morgan fingerprint density at radius 3 is 2.44 bits per heavy atom. The van der Waals surface area contributed by atoms with E-state index in [9.17, 15) is 22.8 Å². The number of para-hydroxylation sites is 1. The van der Waals surface area contributed by atoms with Crippen LogP contribution in [0.5, 0.6) is 5.75 Å². The van der Waals surface area contributed by atoms with Crippen LogP contribution in [-0.2, 0) is 11.3 Å². The second-order valence-electron chi connectivity index (χ2n) is 6.05. The molecule has 0 aliphatic heterocycles. The summed E-state index contributed by atoms with van der Waals surface area (Å²) in [4.78, 5) is 25.1. The van der Waals surface area contributed by atoms with E-state index in [1.807, 2.05) is 0 Å². The summed E-state index contributed by atoms with van der Waals surface area (Å²) in [6, 6.07) is 8.09. The number of carbonyl (C=O) groups excluding carboxylic acids is 2. The first-order valence-electron chi connectivity index (χ1n) is 8.13. The molecular weight excluding hydrogens is 381 g/mol. The van der Waals surface area contributed by atoms with Crippen molar-refractivity contribution < 1.29 is 27.5 Å². The van der Waals surface area contributed by atoms with Crippen molar-refractivity contribution in [1.82, 2.24) is 10.6 Å². The molecule has 1 aromatic carbocycles. The summed E-state index contributed by atoms with van der Waals surface area (Å²) in [6.45, 7) is 3.36. The van der Waals surface area contributed by atoms with Gasteiger partial charge in [0.2, 0.25) is 5.91 Å². The van der Waals surface area contributed by atoms with E-state index in [0.717, 1.165) is 0 Å². The van der Waals surface area contributed by atoms with Gasteiger partial charge in [-0.1, -0.05) is 38.1 Å². The van der Waals surface area contributed by atoms with Gasteiger partial charge < -0.3 is 15.4 Å². The van der Waals surface area contributed by atoms with Crippen LogP contribution in [0.3, 0.4) is 0 Å². The van der Waals surface area contributed by atoms with Crippen molar-refractivity contribution in [2.24, 2.45) is 5.92 Å². The zero-order valence-electron chi connectivity index (χ0n) is 14.7. The van der Waals surface area contributed by atoms with E-state index in [-0.39, 0.29) is 29.7 Å². The number of ether oxygens (including phenoxy) is 1. The monoisotopic (exact) mass is 400 g/mol. The Morgan fingerprint density at radius 1 is 1.15 bits per heavy atom. The standard InChI is InChI=1S/C18H19F3N2O3S/c1-11(2)15(23-16(24)14-8-5-9-27-14)17(25)22-10-12-6-3-4-7-13(12)26-18(19,20)21/h3-9,11,15H,10H2,1-2H3,(H,22,25)(H,23,24). The highest BCUT2D eigenvalue weighted by Crippen LogP contribution is 2.26. The number of hydrogen-bond acceptors (Lipinski definition) is 4. The lowest BCUT2D eigenvalue weighted by Crippen LogP contribution is -2.49. The molecule has 1 heterocycles. The Labute approximate surface area is 158 Å². The van der Waals surface area contributed by atoms with Crippen LogP contribution in [0.1, 0.15) is 29.1 Å². The SMILES string of the molecule is CC(C)C(NC(=O)c1cccs1)C(=O)NCc1ccccc1OC(F)(F)F. The van der Waals surface area contributed by atoms with Crippen LogP contribution in [0.15, 0.2) is 41.8 Å². The second-order valence-corrected chi connectivity index (χ2v) is 6.99. The Hall–Kier alpha value is -2.55. The van der Waals surface area contributed by atoms with Gasteiger partial charge in [-0.15, -0.1) is 24.5 Å². The topological polar surface area (TPSA) is 67.4 Å². The average Bonchev–Trinajstić information content (AvgIpc) is 3.11. The zero-order chi connectivity index (χ0) is 20.0. The van der Waals surface area contributed by atoms with E-state index in [4.69, 9.17) is 0 Å². The first kappa shape index (κ1) is 20.8. The maximum atomic E-state index is 12.5. The lowest BCUT2D eigenvalue weighted by Gasteiger charge is -2.22. The molecule has 0 saturated heterocycles. The third kappa shape index (κ3) is 6.28. The third-order valence-electron chi connectivity index (χ3n) is 3.63. The zero-order valence-corrected chi connectivity index (χ0v) is 15.5. The van der Waals surface area contributed by atoms with Gasteiger partial charge in [-0.2, -0.15) is 0 Å². The third-order valence-corrected chi connectivity index (χ3v) is 4.50. The molecular formula is C18H19F3N2O3S. The molecule has 0 saturated carbocycles. The van der Waals surface area contributed by atoms with Gasteiger partial charge in [-0.25, -0.2) is 0 Å². The highest BCUT2D eigenvalue weighted by molar-refractivity contribution is 7.12. The number of thiophene rings is 1. The van der Waals surface area contributed by atoms with E-state index in [0.29, 0.717) is 4.88 Å². The molecule has 1 unspecified atom stereocenters. The maximum absolute atomic E-state index is 12.5. The minimum absolute atomic E-state index is 0.164. The Morgan fingerprint density at radius 2 is 1.85 bits per heavy atom. The van der Waals surface area contributed by atoms with Crippen LogP contribution in [0, 0.1) is 5.92 Å². The summed E-state index contributed by atoms with van der Waals surface area (Å²) in [5.74, 6) is -1.46. The van der Waals surface area contributed by atoms with Crippen molar-refractivity contribution in [2.45, 2.75) is 32.8 Å². The molecule has 2 amide bonds. The minimum Gasteiger partial charge on any atom is -0.405 e. The minimum atomic E-state index is -4.82.